The predicted molar refractivity (Wildman–Crippen MR) is 81.8 cm³/mol. The zero-order valence-corrected chi connectivity index (χ0v) is 13.3. The van der Waals surface area contributed by atoms with Gasteiger partial charge in [-0.1, -0.05) is 42.9 Å². The summed E-state index contributed by atoms with van der Waals surface area (Å²) < 4.78 is 7.73. The molecular formula is C13H19IN3O2+. The molecular weight excluding hydrogens is 357 g/mol. The molecule has 0 aliphatic carbocycles. The number of allylic oxidation sites excluding steroid dienone is 1. The van der Waals surface area contributed by atoms with Crippen molar-refractivity contribution < 1.29 is 9.30 Å². The number of hydrogen-bond acceptors (Lipinski definition) is 3. The maximum atomic E-state index is 12.0. The molecule has 2 unspecified atom stereocenters. The first-order valence-electron chi connectivity index (χ1n) is 6.51. The Kier molecular flexibility index (Phi) is 4.49. The Balaban J connectivity index is 2.32. The number of nitrogens with zero attached hydrogens (tertiary/aromatic N) is 1. The second kappa shape index (κ2) is 5.94. The molecule has 5 nitrogen and oxygen atoms in total. The summed E-state index contributed by atoms with van der Waals surface area (Å²) >= 11 is 2.36. The minimum Gasteiger partial charge on any atom is -0.455 e. The monoisotopic (exact) mass is 376 g/mol. The molecule has 19 heavy (non-hydrogen) atoms. The molecule has 2 rings (SSSR count). The largest absolute Gasteiger partial charge is 0.500 e. The van der Waals surface area contributed by atoms with E-state index in [0.29, 0.717) is 5.82 Å². The van der Waals surface area contributed by atoms with E-state index >= 15 is 0 Å². The van der Waals surface area contributed by atoms with Crippen LogP contribution in [0.2, 0.25) is 0 Å². The van der Waals surface area contributed by atoms with Gasteiger partial charge in [0.15, 0.2) is 5.82 Å². The number of nitrogens with one attached hydrogen (secondary N) is 1. The summed E-state index contributed by atoms with van der Waals surface area (Å²) in [6.07, 6.45) is 4.37. The zero-order chi connectivity index (χ0) is 14.0. The molecule has 0 saturated carbocycles. The van der Waals surface area contributed by atoms with Crippen molar-refractivity contribution in [3.05, 3.63) is 34.1 Å². The number of ether oxygens (including phenoxy) is 1. The van der Waals surface area contributed by atoms with E-state index in [-0.39, 0.29) is 15.8 Å². The molecule has 6 heteroatoms. The number of nitrogens with two attached hydrogens (primary N) is 1. The third-order valence-corrected chi connectivity index (χ3v) is 4.59. The molecule has 0 saturated heterocycles. The lowest BCUT2D eigenvalue weighted by Gasteiger charge is -2.13. The van der Waals surface area contributed by atoms with Crippen LogP contribution >= 0.6 is 22.6 Å². The fraction of sp³-hybridized carbons (Fsp3) is 0.538. The molecule has 0 amide bonds. The molecule has 1 aromatic rings. The van der Waals surface area contributed by atoms with E-state index in [1.807, 2.05) is 0 Å². The van der Waals surface area contributed by atoms with E-state index in [2.05, 4.69) is 41.4 Å². The second-order valence-corrected chi connectivity index (χ2v) is 5.91. The van der Waals surface area contributed by atoms with Gasteiger partial charge >= 0.3 is 5.69 Å². The lowest BCUT2D eigenvalue weighted by molar-refractivity contribution is -0.769. The molecule has 1 aromatic heterocycles. The lowest BCUT2D eigenvalue weighted by atomic mass is 10.1. The van der Waals surface area contributed by atoms with E-state index < -0.39 is 0 Å². The smallest absolute Gasteiger partial charge is 0.455 e. The van der Waals surface area contributed by atoms with Gasteiger partial charge in [-0.25, -0.2) is 0 Å². The van der Waals surface area contributed by atoms with Gasteiger partial charge in [-0.05, 0) is 12.0 Å². The number of aromatic amines is 1. The van der Waals surface area contributed by atoms with Gasteiger partial charge in [0, 0.05) is 12.5 Å². The molecule has 0 radical (unpaired) electrons. The standard InChI is InChI=1S/C13H18IN3O2/c1-3-5-8-9(4-2)19-12(11(8)14)17-7-6-10(15)16-13(17)18/h6-7,11-12H,3-5H2,1-2H3,(H2,15,16,18)/p+1. The summed E-state index contributed by atoms with van der Waals surface area (Å²) in [7, 11) is 0. The fourth-order valence-corrected chi connectivity index (χ4v) is 3.47. The van der Waals surface area contributed by atoms with Gasteiger partial charge in [-0.2, -0.15) is 14.3 Å². The second-order valence-electron chi connectivity index (χ2n) is 4.57. The fourth-order valence-electron chi connectivity index (χ4n) is 2.32. The third kappa shape index (κ3) is 2.77. The summed E-state index contributed by atoms with van der Waals surface area (Å²) in [5, 5.41) is 0. The number of anilines is 1. The Hall–Kier alpha value is -1.05. The van der Waals surface area contributed by atoms with Gasteiger partial charge in [-0.15, -0.1) is 0 Å². The number of aromatic nitrogens is 2. The third-order valence-electron chi connectivity index (χ3n) is 3.22. The molecule has 3 N–H and O–H groups in total. The van der Waals surface area contributed by atoms with Crippen LogP contribution < -0.4 is 16.0 Å². The van der Waals surface area contributed by atoms with Crippen LogP contribution in [0.15, 0.2) is 28.4 Å². The van der Waals surface area contributed by atoms with Crippen molar-refractivity contribution in [2.24, 2.45) is 0 Å². The first-order chi connectivity index (χ1) is 9.08. The summed E-state index contributed by atoms with van der Waals surface area (Å²) in [6, 6.07) is 1.68. The van der Waals surface area contributed by atoms with E-state index in [9.17, 15) is 4.79 Å². The average molecular weight is 376 g/mol. The molecule has 0 aromatic carbocycles. The van der Waals surface area contributed by atoms with Crippen LogP contribution in [-0.4, -0.2) is 8.91 Å². The van der Waals surface area contributed by atoms with E-state index in [1.165, 1.54) is 5.57 Å². The number of alkyl halides is 1. The highest BCUT2D eigenvalue weighted by molar-refractivity contribution is 14.1. The number of rotatable bonds is 4. The molecule has 1 aliphatic rings. The lowest BCUT2D eigenvalue weighted by Crippen LogP contribution is -2.56. The molecule has 2 heterocycles. The van der Waals surface area contributed by atoms with Gasteiger partial charge < -0.3 is 10.5 Å². The summed E-state index contributed by atoms with van der Waals surface area (Å²) in [4.78, 5) is 14.6. The van der Waals surface area contributed by atoms with Crippen LogP contribution in [0.3, 0.4) is 0 Å². The zero-order valence-electron chi connectivity index (χ0n) is 11.1. The predicted octanol–water partition coefficient (Wildman–Crippen LogP) is 2.04. The minimum atomic E-state index is -0.276. The number of nitrogen functional groups attached to an aromatic ring is 1. The summed E-state index contributed by atoms with van der Waals surface area (Å²) in [5.74, 6) is 1.39. The molecule has 0 bridgehead atoms. The normalized spacial score (nSPS) is 22.7. The number of halogens is 1. The Morgan fingerprint density at radius 2 is 2.26 bits per heavy atom. The van der Waals surface area contributed by atoms with Crippen molar-refractivity contribution in [1.82, 2.24) is 4.98 Å². The molecule has 2 atom stereocenters. The maximum absolute atomic E-state index is 12.0. The van der Waals surface area contributed by atoms with Crippen LogP contribution in [0.25, 0.3) is 0 Å². The highest BCUT2D eigenvalue weighted by Gasteiger charge is 2.38. The minimum absolute atomic E-state index is 0.183. The SMILES string of the molecule is CCCC1=C(CC)OC([n+]2ccc(N)[nH]c2=O)C1I. The van der Waals surface area contributed by atoms with Gasteiger partial charge in [0.1, 0.15) is 15.9 Å². The molecule has 104 valence electrons. The van der Waals surface area contributed by atoms with Crippen LogP contribution in [-0.2, 0) is 4.74 Å². The topological polar surface area (TPSA) is 72.0 Å². The van der Waals surface area contributed by atoms with Crippen molar-refractivity contribution in [3.8, 4) is 0 Å². The van der Waals surface area contributed by atoms with E-state index in [0.717, 1.165) is 25.0 Å². The van der Waals surface area contributed by atoms with Crippen molar-refractivity contribution in [1.29, 1.82) is 0 Å². The highest BCUT2D eigenvalue weighted by atomic mass is 127. The Morgan fingerprint density at radius 3 is 2.84 bits per heavy atom. The van der Waals surface area contributed by atoms with E-state index in [1.54, 1.807) is 16.8 Å². The Labute approximate surface area is 126 Å². The van der Waals surface area contributed by atoms with Crippen LogP contribution in [0.5, 0.6) is 0 Å². The average Bonchev–Trinajstić information content (AvgIpc) is 2.68. The van der Waals surface area contributed by atoms with Gasteiger partial charge in [0.05, 0.1) is 0 Å². The van der Waals surface area contributed by atoms with Crippen molar-refractivity contribution in [3.63, 3.8) is 0 Å². The Morgan fingerprint density at radius 1 is 1.53 bits per heavy atom. The first kappa shape index (κ1) is 14.4. The van der Waals surface area contributed by atoms with Crippen molar-refractivity contribution in [2.45, 2.75) is 43.3 Å². The summed E-state index contributed by atoms with van der Waals surface area (Å²) in [5.41, 5.74) is 6.65. The molecule has 0 fully saturated rings. The number of hydrogen-bond donors (Lipinski definition) is 2. The van der Waals surface area contributed by atoms with Gasteiger partial charge in [0.2, 0.25) is 0 Å². The Bertz CT molecular complexity index is 553. The van der Waals surface area contributed by atoms with Gasteiger partial charge in [-0.3, -0.25) is 0 Å². The quantitative estimate of drug-likeness (QED) is 0.480. The number of H-pyrrole nitrogens is 1. The first-order valence-corrected chi connectivity index (χ1v) is 7.75. The van der Waals surface area contributed by atoms with Gasteiger partial charge in [0.25, 0.3) is 6.23 Å². The molecule has 0 spiro atoms. The van der Waals surface area contributed by atoms with Crippen molar-refractivity contribution >= 4 is 28.4 Å². The van der Waals surface area contributed by atoms with E-state index in [4.69, 9.17) is 10.5 Å². The van der Waals surface area contributed by atoms with Crippen molar-refractivity contribution in [2.75, 3.05) is 5.73 Å². The van der Waals surface area contributed by atoms with Crippen LogP contribution in [0, 0.1) is 0 Å². The maximum Gasteiger partial charge on any atom is 0.500 e. The summed E-state index contributed by atoms with van der Waals surface area (Å²) in [6.45, 7) is 4.23. The van der Waals surface area contributed by atoms with Crippen LogP contribution in [0.4, 0.5) is 5.82 Å². The molecule has 1 aliphatic heterocycles. The van der Waals surface area contributed by atoms with Crippen LogP contribution in [0.1, 0.15) is 39.3 Å². The highest BCUT2D eigenvalue weighted by Crippen LogP contribution is 2.38.